The van der Waals surface area contributed by atoms with Gasteiger partial charge in [-0.15, -0.1) is 11.3 Å². The Kier molecular flexibility index (Phi) is 1.93. The highest BCUT2D eigenvalue weighted by Crippen LogP contribution is 2.32. The summed E-state index contributed by atoms with van der Waals surface area (Å²) in [4.78, 5) is 12.8. The van der Waals surface area contributed by atoms with Crippen LogP contribution in [0.3, 0.4) is 0 Å². The highest BCUT2D eigenvalue weighted by molar-refractivity contribution is 7.25. The number of nitrogens with two attached hydrogens (primary N) is 1. The Hall–Kier alpha value is -1.46. The van der Waals surface area contributed by atoms with Crippen molar-refractivity contribution in [3.8, 4) is 0 Å². The van der Waals surface area contributed by atoms with Crippen LogP contribution in [0.5, 0.6) is 0 Å². The van der Waals surface area contributed by atoms with E-state index in [1.165, 1.54) is 10.1 Å². The molecule has 4 nitrogen and oxygen atoms in total. The molecule has 0 aliphatic rings. The number of nitrogens with zero attached hydrogens (tertiary/aromatic N) is 2. The van der Waals surface area contributed by atoms with E-state index in [0.29, 0.717) is 6.54 Å². The summed E-state index contributed by atoms with van der Waals surface area (Å²) in [6, 6.07) is 2.02. The number of hydrogen-bond donors (Lipinski definition) is 2. The second kappa shape index (κ2) is 3.29. The van der Waals surface area contributed by atoms with Crippen LogP contribution in [0, 0.1) is 0 Å². The van der Waals surface area contributed by atoms with Crippen molar-refractivity contribution in [3.63, 3.8) is 0 Å². The fourth-order valence-electron chi connectivity index (χ4n) is 1.81. The topological polar surface area (TPSA) is 67.6 Å². The van der Waals surface area contributed by atoms with E-state index in [4.69, 9.17) is 5.73 Å². The average molecular weight is 218 g/mol. The molecule has 0 saturated carbocycles. The number of thiophene rings is 1. The van der Waals surface area contributed by atoms with Crippen LogP contribution in [0.4, 0.5) is 0 Å². The van der Waals surface area contributed by atoms with Gasteiger partial charge in [0.1, 0.15) is 4.83 Å². The van der Waals surface area contributed by atoms with E-state index in [-0.39, 0.29) is 0 Å². The number of fused-ring (bicyclic) bond motifs is 3. The van der Waals surface area contributed by atoms with Crippen molar-refractivity contribution in [1.29, 1.82) is 0 Å². The zero-order chi connectivity index (χ0) is 10.3. The summed E-state index contributed by atoms with van der Waals surface area (Å²) in [5, 5.41) is 1.18. The van der Waals surface area contributed by atoms with Crippen LogP contribution in [0.2, 0.25) is 0 Å². The number of rotatable bonds is 2. The molecule has 0 unspecified atom stereocenters. The maximum absolute atomic E-state index is 5.58. The smallest absolute Gasteiger partial charge is 0.142 e. The summed E-state index contributed by atoms with van der Waals surface area (Å²) in [5.41, 5.74) is 7.73. The van der Waals surface area contributed by atoms with Gasteiger partial charge in [-0.05, 0) is 12.6 Å². The molecular weight excluding hydrogens is 208 g/mol. The molecule has 3 heterocycles. The first-order chi connectivity index (χ1) is 7.40. The van der Waals surface area contributed by atoms with Crippen molar-refractivity contribution in [3.05, 3.63) is 24.3 Å². The Morgan fingerprint density at radius 2 is 2.33 bits per heavy atom. The standard InChI is InChI=1S/C10H10N4S/c11-3-1-6-8-7(2-4-12-6)15-10-9(8)13-5-14-10/h2,4-5H,1,3,11H2,(H,13,14). The van der Waals surface area contributed by atoms with Gasteiger partial charge in [-0.3, -0.25) is 4.98 Å². The van der Waals surface area contributed by atoms with Crippen LogP contribution in [0.25, 0.3) is 20.4 Å². The molecule has 3 aromatic heterocycles. The first kappa shape index (κ1) is 8.82. The Morgan fingerprint density at radius 3 is 3.20 bits per heavy atom. The van der Waals surface area contributed by atoms with Crippen molar-refractivity contribution >= 4 is 31.8 Å². The Balaban J connectivity index is 2.41. The summed E-state index contributed by atoms with van der Waals surface area (Å²) in [5.74, 6) is 0. The molecule has 3 N–H and O–H groups in total. The number of H-pyrrole nitrogens is 1. The maximum Gasteiger partial charge on any atom is 0.142 e. The van der Waals surface area contributed by atoms with E-state index in [0.717, 1.165) is 22.5 Å². The molecule has 0 aliphatic heterocycles. The van der Waals surface area contributed by atoms with E-state index < -0.39 is 0 Å². The quantitative estimate of drug-likeness (QED) is 0.687. The number of imidazole rings is 1. The van der Waals surface area contributed by atoms with Gasteiger partial charge in [0.05, 0.1) is 17.5 Å². The van der Waals surface area contributed by atoms with E-state index in [1.54, 1.807) is 17.7 Å². The van der Waals surface area contributed by atoms with Crippen molar-refractivity contribution in [1.82, 2.24) is 15.0 Å². The van der Waals surface area contributed by atoms with Gasteiger partial charge < -0.3 is 10.7 Å². The van der Waals surface area contributed by atoms with Gasteiger partial charge in [-0.1, -0.05) is 0 Å². The first-order valence-corrected chi connectivity index (χ1v) is 5.61. The van der Waals surface area contributed by atoms with Crippen LogP contribution in [-0.2, 0) is 6.42 Å². The van der Waals surface area contributed by atoms with E-state index in [9.17, 15) is 0 Å². The normalized spacial score (nSPS) is 11.5. The van der Waals surface area contributed by atoms with Crippen LogP contribution < -0.4 is 5.73 Å². The third-order valence-corrected chi connectivity index (χ3v) is 3.50. The maximum atomic E-state index is 5.58. The minimum absolute atomic E-state index is 0.623. The zero-order valence-corrected chi connectivity index (χ0v) is 8.84. The summed E-state index contributed by atoms with van der Waals surface area (Å²) in [7, 11) is 0. The van der Waals surface area contributed by atoms with Gasteiger partial charge in [0, 0.05) is 22.7 Å². The van der Waals surface area contributed by atoms with Gasteiger partial charge in [-0.2, -0.15) is 0 Å². The van der Waals surface area contributed by atoms with Gasteiger partial charge in [0.15, 0.2) is 0 Å². The molecule has 76 valence electrons. The summed E-state index contributed by atoms with van der Waals surface area (Å²) >= 11 is 1.69. The molecule has 3 rings (SSSR count). The predicted molar refractivity (Wildman–Crippen MR) is 62.0 cm³/mol. The van der Waals surface area contributed by atoms with Gasteiger partial charge in [-0.25, -0.2) is 4.98 Å². The largest absolute Gasteiger partial charge is 0.343 e. The molecule has 0 spiro atoms. The Labute approximate surface area is 90.2 Å². The fourth-order valence-corrected chi connectivity index (χ4v) is 2.83. The van der Waals surface area contributed by atoms with Crippen molar-refractivity contribution in [2.75, 3.05) is 6.54 Å². The first-order valence-electron chi connectivity index (χ1n) is 4.79. The number of nitrogens with one attached hydrogen (secondary N) is 1. The monoisotopic (exact) mass is 218 g/mol. The predicted octanol–water partition coefficient (Wildman–Crippen LogP) is 1.67. The molecule has 0 aliphatic carbocycles. The molecule has 0 aromatic carbocycles. The zero-order valence-electron chi connectivity index (χ0n) is 8.03. The highest BCUT2D eigenvalue weighted by Gasteiger charge is 2.11. The molecule has 0 fully saturated rings. The van der Waals surface area contributed by atoms with E-state index >= 15 is 0 Å². The molecule has 0 radical (unpaired) electrons. The number of pyridine rings is 1. The molecule has 0 atom stereocenters. The summed E-state index contributed by atoms with van der Waals surface area (Å²) in [6.07, 6.45) is 4.37. The average Bonchev–Trinajstić information content (AvgIpc) is 2.77. The van der Waals surface area contributed by atoms with Gasteiger partial charge >= 0.3 is 0 Å². The molecule has 0 amide bonds. The van der Waals surface area contributed by atoms with E-state index in [1.807, 2.05) is 12.3 Å². The lowest BCUT2D eigenvalue weighted by atomic mass is 10.2. The van der Waals surface area contributed by atoms with Gasteiger partial charge in [0.2, 0.25) is 0 Å². The van der Waals surface area contributed by atoms with Crippen LogP contribution in [0.15, 0.2) is 18.6 Å². The Bertz CT molecular complexity index is 610. The van der Waals surface area contributed by atoms with Gasteiger partial charge in [0.25, 0.3) is 0 Å². The minimum Gasteiger partial charge on any atom is -0.343 e. The molecular formula is C10H10N4S. The van der Waals surface area contributed by atoms with Crippen LogP contribution in [0.1, 0.15) is 5.69 Å². The SMILES string of the molecule is NCCc1nccc2sc3nc[nH]c3c12. The number of hydrogen-bond acceptors (Lipinski definition) is 4. The molecule has 5 heteroatoms. The lowest BCUT2D eigenvalue weighted by molar-refractivity contribution is 0.936. The molecule has 0 bridgehead atoms. The van der Waals surface area contributed by atoms with Crippen molar-refractivity contribution in [2.45, 2.75) is 6.42 Å². The summed E-state index contributed by atoms with van der Waals surface area (Å²) < 4.78 is 1.22. The lowest BCUT2D eigenvalue weighted by Gasteiger charge is -1.99. The summed E-state index contributed by atoms with van der Waals surface area (Å²) in [6.45, 7) is 0.623. The fraction of sp³-hybridized carbons (Fsp3) is 0.200. The van der Waals surface area contributed by atoms with E-state index in [2.05, 4.69) is 15.0 Å². The highest BCUT2D eigenvalue weighted by atomic mass is 32.1. The van der Waals surface area contributed by atoms with Crippen LogP contribution in [-0.4, -0.2) is 21.5 Å². The number of aromatic amines is 1. The molecule has 15 heavy (non-hydrogen) atoms. The molecule has 0 saturated heterocycles. The Morgan fingerprint density at radius 1 is 1.40 bits per heavy atom. The third kappa shape index (κ3) is 1.24. The third-order valence-electron chi connectivity index (χ3n) is 2.43. The lowest BCUT2D eigenvalue weighted by Crippen LogP contribution is -2.04. The molecule has 3 aromatic rings. The van der Waals surface area contributed by atoms with Crippen molar-refractivity contribution < 1.29 is 0 Å². The minimum atomic E-state index is 0.623. The van der Waals surface area contributed by atoms with Crippen molar-refractivity contribution in [2.24, 2.45) is 5.73 Å². The van der Waals surface area contributed by atoms with Crippen LogP contribution >= 0.6 is 11.3 Å². The second-order valence-electron chi connectivity index (χ2n) is 3.35. The second-order valence-corrected chi connectivity index (χ2v) is 4.38. The number of aromatic nitrogens is 3.